The average Bonchev–Trinajstić information content (AvgIpc) is 3.08. The lowest BCUT2D eigenvalue weighted by Crippen LogP contribution is -2.50. The smallest absolute Gasteiger partial charge is 0.265 e. The summed E-state index contributed by atoms with van der Waals surface area (Å²) in [6.07, 6.45) is 0. The molecule has 0 aliphatic carbocycles. The summed E-state index contributed by atoms with van der Waals surface area (Å²) in [5.74, 6) is -0.716. The lowest BCUT2D eigenvalue weighted by atomic mass is 10.2. The minimum absolute atomic E-state index is 0.0400. The van der Waals surface area contributed by atoms with Crippen molar-refractivity contribution >= 4 is 49.0 Å². The van der Waals surface area contributed by atoms with E-state index in [-0.39, 0.29) is 47.6 Å². The summed E-state index contributed by atoms with van der Waals surface area (Å²) in [5.41, 5.74) is 0.0836. The molecule has 10 heteroatoms. The highest BCUT2D eigenvalue weighted by atomic mass is 35.5. The second kappa shape index (κ2) is 7.96. The maximum absolute atomic E-state index is 13.5. The van der Waals surface area contributed by atoms with E-state index in [2.05, 4.69) is 0 Å². The van der Waals surface area contributed by atoms with Crippen LogP contribution in [0.2, 0.25) is 5.02 Å². The Bertz CT molecular complexity index is 1290. The highest BCUT2D eigenvalue weighted by Crippen LogP contribution is 2.36. The Labute approximate surface area is 181 Å². The molecule has 1 aliphatic rings. The fourth-order valence-electron chi connectivity index (χ4n) is 3.37. The summed E-state index contributed by atoms with van der Waals surface area (Å²) < 4.78 is 41.2. The number of benzene rings is 2. The van der Waals surface area contributed by atoms with Crippen molar-refractivity contribution in [2.45, 2.75) is 4.90 Å². The molecule has 0 atom stereocenters. The number of piperazine rings is 1. The number of thiophene rings is 1. The number of hydrogen-bond donors (Lipinski definition) is 0. The van der Waals surface area contributed by atoms with E-state index in [4.69, 9.17) is 11.6 Å². The first-order valence-electron chi connectivity index (χ1n) is 8.99. The van der Waals surface area contributed by atoms with Crippen LogP contribution in [0.4, 0.5) is 4.39 Å². The number of nitriles is 1. The van der Waals surface area contributed by atoms with Crippen LogP contribution in [0, 0.1) is 17.1 Å². The molecule has 2 aromatic carbocycles. The topological polar surface area (TPSA) is 81.5 Å². The number of halogens is 2. The van der Waals surface area contributed by atoms with Crippen LogP contribution < -0.4 is 0 Å². The Morgan fingerprint density at radius 3 is 2.53 bits per heavy atom. The third-order valence-corrected chi connectivity index (χ3v) is 8.54. The van der Waals surface area contributed by atoms with Crippen LogP contribution in [-0.4, -0.2) is 49.7 Å². The van der Waals surface area contributed by atoms with Crippen LogP contribution in [0.1, 0.15) is 15.2 Å². The zero-order valence-corrected chi connectivity index (χ0v) is 17.9. The molecule has 1 fully saturated rings. The van der Waals surface area contributed by atoms with Gasteiger partial charge in [-0.15, -0.1) is 11.3 Å². The van der Waals surface area contributed by atoms with Crippen LogP contribution in [0.15, 0.2) is 47.4 Å². The van der Waals surface area contributed by atoms with Crippen molar-refractivity contribution in [3.8, 4) is 6.07 Å². The number of rotatable bonds is 3. The van der Waals surface area contributed by atoms with E-state index in [1.165, 1.54) is 39.5 Å². The summed E-state index contributed by atoms with van der Waals surface area (Å²) >= 11 is 7.46. The van der Waals surface area contributed by atoms with Crippen molar-refractivity contribution in [2.24, 2.45) is 0 Å². The van der Waals surface area contributed by atoms with Crippen LogP contribution in [-0.2, 0) is 10.0 Å². The number of carbonyl (C=O) groups is 1. The van der Waals surface area contributed by atoms with E-state index < -0.39 is 15.8 Å². The van der Waals surface area contributed by atoms with Crippen molar-refractivity contribution in [1.82, 2.24) is 9.21 Å². The molecular formula is C20H15ClFN3O3S2. The Morgan fingerprint density at radius 2 is 1.83 bits per heavy atom. The fourth-order valence-corrected chi connectivity index (χ4v) is 6.44. The SMILES string of the molecule is N#Cc1ccccc1S(=O)(=O)N1CCN(C(=O)c2sc3cc(F)ccc3c2Cl)CC1. The van der Waals surface area contributed by atoms with E-state index in [0.717, 1.165) is 11.3 Å². The van der Waals surface area contributed by atoms with Gasteiger partial charge in [0.2, 0.25) is 10.0 Å². The summed E-state index contributed by atoms with van der Waals surface area (Å²) in [6, 6.07) is 12.1. The van der Waals surface area contributed by atoms with Crippen LogP contribution in [0.5, 0.6) is 0 Å². The zero-order chi connectivity index (χ0) is 21.5. The van der Waals surface area contributed by atoms with Gasteiger partial charge < -0.3 is 4.90 Å². The van der Waals surface area contributed by atoms with Crippen molar-refractivity contribution in [3.63, 3.8) is 0 Å². The quantitative estimate of drug-likeness (QED) is 0.593. The van der Waals surface area contributed by atoms with Gasteiger partial charge in [-0.05, 0) is 30.3 Å². The summed E-state index contributed by atoms with van der Waals surface area (Å²) in [7, 11) is -3.84. The first-order chi connectivity index (χ1) is 14.3. The lowest BCUT2D eigenvalue weighted by molar-refractivity contribution is 0.0703. The van der Waals surface area contributed by atoms with Crippen LogP contribution in [0.25, 0.3) is 10.1 Å². The molecule has 0 spiro atoms. The van der Waals surface area contributed by atoms with Gasteiger partial charge in [0.25, 0.3) is 5.91 Å². The average molecular weight is 464 g/mol. The van der Waals surface area contributed by atoms with Gasteiger partial charge in [-0.25, -0.2) is 12.8 Å². The third kappa shape index (κ3) is 3.56. The molecule has 0 bridgehead atoms. The van der Waals surface area contributed by atoms with Gasteiger partial charge in [0.1, 0.15) is 16.8 Å². The normalized spacial score (nSPS) is 15.3. The van der Waals surface area contributed by atoms with Crippen molar-refractivity contribution in [2.75, 3.05) is 26.2 Å². The molecule has 30 heavy (non-hydrogen) atoms. The summed E-state index contributed by atoms with van der Waals surface area (Å²) in [4.78, 5) is 14.8. The van der Waals surface area contributed by atoms with Gasteiger partial charge in [0.15, 0.2) is 0 Å². The Morgan fingerprint density at radius 1 is 1.13 bits per heavy atom. The molecule has 1 amide bonds. The number of nitrogens with zero attached hydrogens (tertiary/aromatic N) is 3. The van der Waals surface area contributed by atoms with Crippen molar-refractivity contribution < 1.29 is 17.6 Å². The Balaban J connectivity index is 1.53. The number of carbonyl (C=O) groups excluding carboxylic acids is 1. The van der Waals surface area contributed by atoms with Gasteiger partial charge in [0, 0.05) is 36.3 Å². The van der Waals surface area contributed by atoms with Crippen LogP contribution >= 0.6 is 22.9 Å². The molecule has 1 aromatic heterocycles. The van der Waals surface area contributed by atoms with E-state index in [9.17, 15) is 22.9 Å². The van der Waals surface area contributed by atoms with Gasteiger partial charge in [-0.2, -0.15) is 9.57 Å². The molecule has 154 valence electrons. The van der Waals surface area contributed by atoms with Gasteiger partial charge in [-0.3, -0.25) is 4.79 Å². The van der Waals surface area contributed by atoms with Gasteiger partial charge in [-0.1, -0.05) is 23.7 Å². The second-order valence-electron chi connectivity index (χ2n) is 6.69. The highest BCUT2D eigenvalue weighted by molar-refractivity contribution is 7.89. The predicted octanol–water partition coefficient (Wildman–Crippen LogP) is 3.71. The van der Waals surface area contributed by atoms with E-state index in [1.807, 2.05) is 6.07 Å². The summed E-state index contributed by atoms with van der Waals surface area (Å²) in [6.45, 7) is 0.577. The predicted molar refractivity (Wildman–Crippen MR) is 113 cm³/mol. The zero-order valence-electron chi connectivity index (χ0n) is 15.5. The molecule has 0 N–H and O–H groups in total. The first-order valence-corrected chi connectivity index (χ1v) is 11.6. The molecule has 0 unspecified atom stereocenters. The standard InChI is InChI=1S/C20H15ClFN3O3S2/c21-18-15-6-5-14(22)11-16(15)29-19(18)20(26)24-7-9-25(10-8-24)30(27,28)17-4-2-1-3-13(17)12-23/h1-6,11H,7-10H2. The first kappa shape index (κ1) is 20.8. The molecule has 1 saturated heterocycles. The molecule has 2 heterocycles. The number of hydrogen-bond acceptors (Lipinski definition) is 5. The fraction of sp³-hybridized carbons (Fsp3) is 0.200. The van der Waals surface area contributed by atoms with Crippen molar-refractivity contribution in [3.05, 3.63) is 63.7 Å². The molecule has 0 saturated carbocycles. The summed E-state index contributed by atoms with van der Waals surface area (Å²) in [5, 5.41) is 10.1. The monoisotopic (exact) mass is 463 g/mol. The number of sulfonamides is 1. The van der Waals surface area contributed by atoms with Crippen molar-refractivity contribution in [1.29, 1.82) is 5.26 Å². The minimum atomic E-state index is -3.84. The number of amides is 1. The van der Waals surface area contributed by atoms with Crippen LogP contribution in [0.3, 0.4) is 0 Å². The van der Waals surface area contributed by atoms with Gasteiger partial charge in [0.05, 0.1) is 15.5 Å². The Kier molecular flexibility index (Phi) is 5.51. The molecule has 6 nitrogen and oxygen atoms in total. The third-order valence-electron chi connectivity index (χ3n) is 4.94. The van der Waals surface area contributed by atoms with E-state index >= 15 is 0 Å². The largest absolute Gasteiger partial charge is 0.335 e. The van der Waals surface area contributed by atoms with E-state index in [0.29, 0.717) is 15.0 Å². The molecular weight excluding hydrogens is 449 g/mol. The highest BCUT2D eigenvalue weighted by Gasteiger charge is 2.33. The van der Waals surface area contributed by atoms with Gasteiger partial charge >= 0.3 is 0 Å². The lowest BCUT2D eigenvalue weighted by Gasteiger charge is -2.34. The molecule has 0 radical (unpaired) electrons. The maximum atomic E-state index is 13.5. The maximum Gasteiger partial charge on any atom is 0.265 e. The second-order valence-corrected chi connectivity index (χ2v) is 10.0. The molecule has 3 aromatic rings. The molecule has 1 aliphatic heterocycles. The Hall–Kier alpha value is -2.51. The molecule has 4 rings (SSSR count). The number of fused-ring (bicyclic) bond motifs is 1. The minimum Gasteiger partial charge on any atom is -0.335 e. The van der Waals surface area contributed by atoms with E-state index in [1.54, 1.807) is 12.1 Å².